The highest BCUT2D eigenvalue weighted by atomic mass is 14.9. The molecule has 2 nitrogen and oxygen atoms in total. The number of nitrogens with one attached hydrogen (secondary N) is 1. The minimum atomic E-state index is -0.0415. The van der Waals surface area contributed by atoms with Gasteiger partial charge in [0.05, 0.1) is 0 Å². The molecule has 0 bridgehead atoms. The summed E-state index contributed by atoms with van der Waals surface area (Å²) in [5.74, 6) is 0. The molecule has 68 valence electrons. The summed E-state index contributed by atoms with van der Waals surface area (Å²) in [6, 6.07) is 0.537. The third-order valence-electron chi connectivity index (χ3n) is 1.58. The first-order valence-electron chi connectivity index (χ1n) is 4.48. The van der Waals surface area contributed by atoms with Crippen LogP contribution in [0.2, 0.25) is 0 Å². The second-order valence-corrected chi connectivity index (χ2v) is 4.05. The Hall–Kier alpha value is -0.0800. The molecule has 0 fully saturated rings. The lowest BCUT2D eigenvalue weighted by molar-refractivity contribution is 0.390. The monoisotopic (exact) mass is 158 g/mol. The molecule has 11 heavy (non-hydrogen) atoms. The Bertz CT molecular complexity index is 94.2. The van der Waals surface area contributed by atoms with Crippen molar-refractivity contribution in [3.05, 3.63) is 0 Å². The van der Waals surface area contributed by atoms with E-state index in [4.69, 9.17) is 5.73 Å². The molecule has 3 N–H and O–H groups in total. The predicted octanol–water partition coefficient (Wildman–Crippen LogP) is 1.50. The van der Waals surface area contributed by atoms with Crippen molar-refractivity contribution in [2.75, 3.05) is 6.54 Å². The lowest BCUT2D eigenvalue weighted by atomic mass is 9.97. The maximum atomic E-state index is 5.87. The molecule has 0 saturated heterocycles. The minimum Gasteiger partial charge on any atom is -0.326 e. The molecule has 0 aliphatic heterocycles. The van der Waals surface area contributed by atoms with Gasteiger partial charge in [0.25, 0.3) is 0 Å². The van der Waals surface area contributed by atoms with Crippen LogP contribution in [0.4, 0.5) is 0 Å². The molecule has 0 rings (SSSR count). The molecule has 1 unspecified atom stereocenters. The van der Waals surface area contributed by atoms with Gasteiger partial charge in [-0.3, -0.25) is 0 Å². The van der Waals surface area contributed by atoms with Crippen molar-refractivity contribution in [2.45, 2.75) is 52.1 Å². The molecule has 0 aliphatic rings. The van der Waals surface area contributed by atoms with E-state index in [1.54, 1.807) is 0 Å². The largest absolute Gasteiger partial charge is 0.326 e. The molecule has 0 radical (unpaired) electrons. The van der Waals surface area contributed by atoms with Crippen molar-refractivity contribution in [3.63, 3.8) is 0 Å². The molecule has 0 aromatic rings. The summed E-state index contributed by atoms with van der Waals surface area (Å²) in [7, 11) is 0. The standard InChI is InChI=1S/C9H22N2/c1-5-6-11-8(2)7-9(3,4)10/h8,11H,5-7,10H2,1-4H3. The Morgan fingerprint density at radius 3 is 2.36 bits per heavy atom. The summed E-state index contributed by atoms with van der Waals surface area (Å²) < 4.78 is 0. The summed E-state index contributed by atoms with van der Waals surface area (Å²) in [6.07, 6.45) is 2.22. The Labute approximate surface area is 70.5 Å². The lowest BCUT2D eigenvalue weighted by Crippen LogP contribution is -2.40. The van der Waals surface area contributed by atoms with E-state index in [1.165, 1.54) is 6.42 Å². The number of hydrogen-bond acceptors (Lipinski definition) is 2. The SMILES string of the molecule is CCCNC(C)CC(C)(C)N. The maximum Gasteiger partial charge on any atom is 0.0112 e. The zero-order valence-corrected chi connectivity index (χ0v) is 8.28. The van der Waals surface area contributed by atoms with Crippen LogP contribution in [0.25, 0.3) is 0 Å². The topological polar surface area (TPSA) is 38.0 Å². The average molecular weight is 158 g/mol. The van der Waals surface area contributed by atoms with Crippen molar-refractivity contribution in [3.8, 4) is 0 Å². The van der Waals surface area contributed by atoms with Gasteiger partial charge >= 0.3 is 0 Å². The summed E-state index contributed by atoms with van der Waals surface area (Å²) in [5, 5.41) is 3.41. The molecule has 0 heterocycles. The fourth-order valence-electron chi connectivity index (χ4n) is 1.25. The first-order valence-corrected chi connectivity index (χ1v) is 4.48. The van der Waals surface area contributed by atoms with Crippen molar-refractivity contribution >= 4 is 0 Å². The van der Waals surface area contributed by atoms with Crippen LogP contribution in [0.5, 0.6) is 0 Å². The summed E-state index contributed by atoms with van der Waals surface area (Å²) in [4.78, 5) is 0. The van der Waals surface area contributed by atoms with Crippen LogP contribution < -0.4 is 11.1 Å². The molecular formula is C9H22N2. The van der Waals surface area contributed by atoms with Gasteiger partial charge in [-0.05, 0) is 40.2 Å². The van der Waals surface area contributed by atoms with Gasteiger partial charge in [-0.15, -0.1) is 0 Å². The fraction of sp³-hybridized carbons (Fsp3) is 1.00. The molecule has 0 aromatic heterocycles. The first-order chi connectivity index (χ1) is 4.95. The van der Waals surface area contributed by atoms with Crippen LogP contribution in [0.15, 0.2) is 0 Å². The second kappa shape index (κ2) is 4.73. The Kier molecular flexibility index (Phi) is 4.69. The van der Waals surface area contributed by atoms with Crippen LogP contribution in [0.3, 0.4) is 0 Å². The molecule has 1 atom stereocenters. The number of nitrogens with two attached hydrogens (primary N) is 1. The van der Waals surface area contributed by atoms with Crippen LogP contribution in [-0.2, 0) is 0 Å². The molecule has 2 heteroatoms. The summed E-state index contributed by atoms with van der Waals surface area (Å²) in [5.41, 5.74) is 5.83. The van der Waals surface area contributed by atoms with E-state index in [0.717, 1.165) is 13.0 Å². The number of hydrogen-bond donors (Lipinski definition) is 2. The third kappa shape index (κ3) is 7.82. The molecular weight excluding hydrogens is 136 g/mol. The van der Waals surface area contributed by atoms with Crippen molar-refractivity contribution < 1.29 is 0 Å². The zero-order chi connectivity index (χ0) is 8.91. The van der Waals surface area contributed by atoms with Gasteiger partial charge in [0, 0.05) is 11.6 Å². The van der Waals surface area contributed by atoms with E-state index in [2.05, 4.69) is 33.0 Å². The molecule has 0 amide bonds. The van der Waals surface area contributed by atoms with Gasteiger partial charge in [-0.2, -0.15) is 0 Å². The van der Waals surface area contributed by atoms with Gasteiger partial charge < -0.3 is 11.1 Å². The fourth-order valence-corrected chi connectivity index (χ4v) is 1.25. The van der Waals surface area contributed by atoms with Crippen molar-refractivity contribution in [1.82, 2.24) is 5.32 Å². The van der Waals surface area contributed by atoms with Gasteiger partial charge in [0.15, 0.2) is 0 Å². The predicted molar refractivity (Wildman–Crippen MR) is 50.6 cm³/mol. The van der Waals surface area contributed by atoms with E-state index >= 15 is 0 Å². The highest BCUT2D eigenvalue weighted by Gasteiger charge is 2.14. The number of rotatable bonds is 5. The summed E-state index contributed by atoms with van der Waals surface area (Å²) in [6.45, 7) is 9.59. The van der Waals surface area contributed by atoms with Crippen LogP contribution >= 0.6 is 0 Å². The first kappa shape index (κ1) is 10.9. The summed E-state index contributed by atoms with van der Waals surface area (Å²) >= 11 is 0. The smallest absolute Gasteiger partial charge is 0.0112 e. The van der Waals surface area contributed by atoms with E-state index in [1.807, 2.05) is 0 Å². The van der Waals surface area contributed by atoms with Crippen LogP contribution in [-0.4, -0.2) is 18.1 Å². The molecule has 0 saturated carbocycles. The van der Waals surface area contributed by atoms with E-state index in [-0.39, 0.29) is 5.54 Å². The van der Waals surface area contributed by atoms with E-state index < -0.39 is 0 Å². The Balaban J connectivity index is 3.44. The van der Waals surface area contributed by atoms with E-state index in [9.17, 15) is 0 Å². The van der Waals surface area contributed by atoms with Crippen molar-refractivity contribution in [1.29, 1.82) is 0 Å². The maximum absolute atomic E-state index is 5.87. The normalized spacial score (nSPS) is 15.0. The van der Waals surface area contributed by atoms with Crippen LogP contribution in [0.1, 0.15) is 40.5 Å². The van der Waals surface area contributed by atoms with Crippen LogP contribution in [0, 0.1) is 0 Å². The van der Waals surface area contributed by atoms with E-state index in [0.29, 0.717) is 6.04 Å². The highest BCUT2D eigenvalue weighted by molar-refractivity contribution is 4.77. The molecule has 0 aromatic carbocycles. The third-order valence-corrected chi connectivity index (χ3v) is 1.58. The average Bonchev–Trinajstić information content (AvgIpc) is 1.79. The van der Waals surface area contributed by atoms with Crippen molar-refractivity contribution in [2.24, 2.45) is 5.73 Å². The second-order valence-electron chi connectivity index (χ2n) is 4.05. The Morgan fingerprint density at radius 2 is 2.00 bits per heavy atom. The molecule has 0 aliphatic carbocycles. The zero-order valence-electron chi connectivity index (χ0n) is 8.28. The Morgan fingerprint density at radius 1 is 1.45 bits per heavy atom. The quantitative estimate of drug-likeness (QED) is 0.636. The highest BCUT2D eigenvalue weighted by Crippen LogP contribution is 2.06. The minimum absolute atomic E-state index is 0.0415. The molecule has 0 spiro atoms. The van der Waals surface area contributed by atoms with Gasteiger partial charge in [-0.25, -0.2) is 0 Å². The van der Waals surface area contributed by atoms with Gasteiger partial charge in [0.2, 0.25) is 0 Å². The van der Waals surface area contributed by atoms with Gasteiger partial charge in [0.1, 0.15) is 0 Å². The lowest BCUT2D eigenvalue weighted by Gasteiger charge is -2.23. The van der Waals surface area contributed by atoms with Gasteiger partial charge in [-0.1, -0.05) is 6.92 Å².